The molecular weight excluding hydrogens is 417 g/mol. The van der Waals surface area contributed by atoms with Gasteiger partial charge in [-0.2, -0.15) is 0 Å². The largest absolute Gasteiger partial charge is 0.457 e. The highest BCUT2D eigenvalue weighted by Gasteiger charge is 2.06. The second-order valence-electron chi connectivity index (χ2n) is 5.63. The van der Waals surface area contributed by atoms with Gasteiger partial charge in [-0.15, -0.1) is 0 Å². The van der Waals surface area contributed by atoms with Gasteiger partial charge in [0.1, 0.15) is 11.5 Å². The summed E-state index contributed by atoms with van der Waals surface area (Å²) >= 11 is 17.1. The molecule has 0 aliphatic heterocycles. The third-order valence-electron chi connectivity index (χ3n) is 3.50. The van der Waals surface area contributed by atoms with Gasteiger partial charge in [-0.1, -0.05) is 41.4 Å². The number of rotatable bonds is 5. The number of hydrazine groups is 1. The zero-order valence-corrected chi connectivity index (χ0v) is 16.7. The number of furan rings is 1. The van der Waals surface area contributed by atoms with Gasteiger partial charge in [-0.05, 0) is 60.8 Å². The van der Waals surface area contributed by atoms with Crippen LogP contribution in [0.3, 0.4) is 0 Å². The van der Waals surface area contributed by atoms with Crippen molar-refractivity contribution in [2.75, 3.05) is 5.43 Å². The smallest absolute Gasteiger partial charge is 0.250 e. The minimum absolute atomic E-state index is 0.146. The summed E-state index contributed by atoms with van der Waals surface area (Å²) in [4.78, 5) is 12.0. The van der Waals surface area contributed by atoms with Crippen molar-refractivity contribution in [3.63, 3.8) is 0 Å². The Morgan fingerprint density at radius 3 is 2.43 bits per heavy atom. The highest BCUT2D eigenvalue weighted by Crippen LogP contribution is 2.28. The molecule has 0 saturated carbocycles. The SMILES string of the molecule is O=C(/C=C/c1ccc(-c2cc(Cl)cc(Cl)c2)o1)NC(=S)NNc1ccccc1. The lowest BCUT2D eigenvalue weighted by molar-refractivity contribution is -0.115. The van der Waals surface area contributed by atoms with Gasteiger partial charge in [0.05, 0.1) is 5.69 Å². The fourth-order valence-electron chi connectivity index (χ4n) is 2.29. The van der Waals surface area contributed by atoms with Crippen LogP contribution in [0.25, 0.3) is 17.4 Å². The molecule has 0 fully saturated rings. The van der Waals surface area contributed by atoms with E-state index >= 15 is 0 Å². The van der Waals surface area contributed by atoms with E-state index in [4.69, 9.17) is 39.8 Å². The Balaban J connectivity index is 1.54. The van der Waals surface area contributed by atoms with Gasteiger partial charge in [0.2, 0.25) is 5.91 Å². The van der Waals surface area contributed by atoms with E-state index in [0.29, 0.717) is 21.6 Å². The zero-order valence-electron chi connectivity index (χ0n) is 14.4. The van der Waals surface area contributed by atoms with Crippen molar-refractivity contribution in [2.45, 2.75) is 0 Å². The van der Waals surface area contributed by atoms with Crippen LogP contribution in [-0.4, -0.2) is 11.0 Å². The summed E-state index contributed by atoms with van der Waals surface area (Å²) in [7, 11) is 0. The quantitative estimate of drug-likeness (QED) is 0.291. The molecule has 5 nitrogen and oxygen atoms in total. The first kappa shape index (κ1) is 19.9. The molecular formula is C20H15Cl2N3O2S. The Bertz CT molecular complexity index is 999. The number of thiocarbonyl (C=S) groups is 1. The fraction of sp³-hybridized carbons (Fsp3) is 0. The van der Waals surface area contributed by atoms with Crippen LogP contribution in [0.1, 0.15) is 5.76 Å². The Hall–Kier alpha value is -2.80. The topological polar surface area (TPSA) is 66.3 Å². The Kier molecular flexibility index (Phi) is 6.71. The van der Waals surface area contributed by atoms with Crippen molar-refractivity contribution in [3.05, 3.63) is 82.5 Å². The standard InChI is InChI=1S/C20H15Cl2N3O2S/c21-14-10-13(11-15(22)12-14)18-8-6-17(27-18)7-9-19(26)23-20(28)25-24-16-4-2-1-3-5-16/h1-12,24H,(H2,23,25,26,28)/b9-7+. The van der Waals surface area contributed by atoms with Crippen LogP contribution in [0, 0.1) is 0 Å². The summed E-state index contributed by atoms with van der Waals surface area (Å²) in [5, 5.41) is 3.70. The van der Waals surface area contributed by atoms with E-state index in [1.54, 1.807) is 30.3 Å². The number of hydrogen-bond donors (Lipinski definition) is 3. The number of carbonyl (C=O) groups is 1. The number of nitrogens with one attached hydrogen (secondary N) is 3. The van der Waals surface area contributed by atoms with Crippen molar-refractivity contribution < 1.29 is 9.21 Å². The van der Waals surface area contributed by atoms with Crippen molar-refractivity contribution in [3.8, 4) is 11.3 Å². The maximum Gasteiger partial charge on any atom is 0.250 e. The third-order valence-corrected chi connectivity index (χ3v) is 4.14. The van der Waals surface area contributed by atoms with Crippen LogP contribution < -0.4 is 16.2 Å². The number of benzene rings is 2. The summed E-state index contributed by atoms with van der Waals surface area (Å²) < 4.78 is 5.70. The lowest BCUT2D eigenvalue weighted by Crippen LogP contribution is -2.41. The van der Waals surface area contributed by atoms with E-state index < -0.39 is 5.91 Å². The Labute approximate surface area is 177 Å². The molecule has 1 heterocycles. The van der Waals surface area contributed by atoms with E-state index in [2.05, 4.69) is 16.2 Å². The number of para-hydroxylation sites is 1. The number of amides is 1. The molecule has 0 bridgehead atoms. The predicted octanol–water partition coefficient (Wildman–Crippen LogP) is 5.28. The van der Waals surface area contributed by atoms with Crippen molar-refractivity contribution in [2.24, 2.45) is 0 Å². The first-order valence-corrected chi connectivity index (χ1v) is 9.32. The molecule has 1 aromatic heterocycles. The highest BCUT2D eigenvalue weighted by atomic mass is 35.5. The zero-order chi connectivity index (χ0) is 19.9. The molecule has 3 N–H and O–H groups in total. The number of halogens is 2. The lowest BCUT2D eigenvalue weighted by atomic mass is 10.2. The molecule has 0 atom stereocenters. The van der Waals surface area contributed by atoms with Gasteiger partial charge in [-0.25, -0.2) is 0 Å². The predicted molar refractivity (Wildman–Crippen MR) is 117 cm³/mol. The fourth-order valence-corrected chi connectivity index (χ4v) is 2.96. The summed E-state index contributed by atoms with van der Waals surface area (Å²) in [6.45, 7) is 0. The molecule has 3 aromatic rings. The molecule has 0 saturated heterocycles. The summed E-state index contributed by atoms with van der Waals surface area (Å²) in [5.74, 6) is 0.701. The van der Waals surface area contributed by atoms with Crippen LogP contribution in [0.4, 0.5) is 5.69 Å². The Morgan fingerprint density at radius 1 is 1.00 bits per heavy atom. The first-order valence-electron chi connectivity index (χ1n) is 8.16. The van der Waals surface area contributed by atoms with E-state index in [0.717, 1.165) is 11.3 Å². The van der Waals surface area contributed by atoms with Crippen molar-refractivity contribution in [1.82, 2.24) is 10.7 Å². The van der Waals surface area contributed by atoms with Crippen molar-refractivity contribution >= 4 is 58.2 Å². The van der Waals surface area contributed by atoms with Crippen LogP contribution >= 0.6 is 35.4 Å². The van der Waals surface area contributed by atoms with Crippen molar-refractivity contribution in [1.29, 1.82) is 0 Å². The lowest BCUT2D eigenvalue weighted by Gasteiger charge is -2.10. The molecule has 0 unspecified atom stereocenters. The molecule has 0 spiro atoms. The Morgan fingerprint density at radius 2 is 1.71 bits per heavy atom. The second kappa shape index (κ2) is 9.41. The summed E-state index contributed by atoms with van der Waals surface area (Å²) in [5.41, 5.74) is 7.18. The van der Waals surface area contributed by atoms with E-state index in [9.17, 15) is 4.79 Å². The van der Waals surface area contributed by atoms with Crippen LogP contribution in [0.2, 0.25) is 10.0 Å². The normalized spacial score (nSPS) is 10.6. The first-order chi connectivity index (χ1) is 13.5. The number of hydrogen-bond acceptors (Lipinski definition) is 4. The highest BCUT2D eigenvalue weighted by molar-refractivity contribution is 7.80. The summed E-state index contributed by atoms with van der Waals surface area (Å²) in [6.07, 6.45) is 2.86. The molecule has 0 aliphatic carbocycles. The van der Waals surface area contributed by atoms with Gasteiger partial charge < -0.3 is 4.42 Å². The maximum atomic E-state index is 12.0. The van der Waals surface area contributed by atoms with E-state index in [1.165, 1.54) is 12.2 Å². The average Bonchev–Trinajstić information content (AvgIpc) is 3.14. The minimum atomic E-state index is -0.392. The second-order valence-corrected chi connectivity index (χ2v) is 6.91. The van der Waals surface area contributed by atoms with Gasteiger partial charge in [0.25, 0.3) is 0 Å². The van der Waals surface area contributed by atoms with Gasteiger partial charge >= 0.3 is 0 Å². The monoisotopic (exact) mass is 431 g/mol. The number of carbonyl (C=O) groups excluding carboxylic acids is 1. The molecule has 3 rings (SSSR count). The molecule has 0 aliphatic rings. The third kappa shape index (κ3) is 5.85. The molecule has 8 heteroatoms. The van der Waals surface area contributed by atoms with Crippen LogP contribution in [0.5, 0.6) is 0 Å². The van der Waals surface area contributed by atoms with Crippen LogP contribution in [0.15, 0.2) is 71.2 Å². The van der Waals surface area contributed by atoms with Gasteiger partial charge in [-0.3, -0.25) is 21.0 Å². The van der Waals surface area contributed by atoms with Crippen LogP contribution in [-0.2, 0) is 4.79 Å². The molecule has 142 valence electrons. The maximum absolute atomic E-state index is 12.0. The molecule has 28 heavy (non-hydrogen) atoms. The molecule has 0 radical (unpaired) electrons. The van der Waals surface area contributed by atoms with E-state index in [-0.39, 0.29) is 5.11 Å². The molecule has 1 amide bonds. The number of anilines is 1. The van der Waals surface area contributed by atoms with Gasteiger partial charge in [0, 0.05) is 21.7 Å². The molecule has 2 aromatic carbocycles. The summed E-state index contributed by atoms with van der Waals surface area (Å²) in [6, 6.07) is 18.0. The van der Waals surface area contributed by atoms with Gasteiger partial charge in [0.15, 0.2) is 5.11 Å². The average molecular weight is 432 g/mol. The van der Waals surface area contributed by atoms with E-state index in [1.807, 2.05) is 30.3 Å². The minimum Gasteiger partial charge on any atom is -0.457 e.